The Labute approximate surface area is 80.0 Å². The molecule has 0 aromatic rings. The van der Waals surface area contributed by atoms with Crippen molar-refractivity contribution in [3.8, 4) is 0 Å². The normalized spacial score (nSPS) is 46.2. The quantitative estimate of drug-likeness (QED) is 0.492. The summed E-state index contributed by atoms with van der Waals surface area (Å²) in [5.41, 5.74) is 0. The fraction of sp³-hybridized carbons (Fsp3) is 0.538. The molecule has 0 spiro atoms. The van der Waals surface area contributed by atoms with Crippen molar-refractivity contribution < 1.29 is 0 Å². The minimum atomic E-state index is 0.712. The highest BCUT2D eigenvalue weighted by Gasteiger charge is 2.36. The second-order valence-electron chi connectivity index (χ2n) is 4.57. The van der Waals surface area contributed by atoms with E-state index in [1.807, 2.05) is 0 Å². The van der Waals surface area contributed by atoms with Crippen LogP contribution in [0.15, 0.2) is 36.5 Å². The van der Waals surface area contributed by atoms with Gasteiger partial charge < -0.3 is 0 Å². The molecule has 0 N–H and O–H groups in total. The lowest BCUT2D eigenvalue weighted by molar-refractivity contribution is 0.292. The Morgan fingerprint density at radius 2 is 1.77 bits per heavy atom. The molecule has 1 saturated carbocycles. The lowest BCUT2D eigenvalue weighted by Crippen LogP contribution is -2.26. The van der Waals surface area contributed by atoms with E-state index < -0.39 is 0 Å². The van der Waals surface area contributed by atoms with Gasteiger partial charge in [-0.05, 0) is 30.6 Å². The SMILES string of the molecule is C1=CC2C=CC3CCCC3C2C=C1. The Balaban J connectivity index is 1.94. The first kappa shape index (κ1) is 7.61. The molecule has 0 nitrogen and oxygen atoms in total. The largest absolute Gasteiger partial charge is 0.0845 e. The predicted molar refractivity (Wildman–Crippen MR) is 55.2 cm³/mol. The van der Waals surface area contributed by atoms with Crippen molar-refractivity contribution in [2.24, 2.45) is 23.7 Å². The van der Waals surface area contributed by atoms with Gasteiger partial charge in [0.25, 0.3) is 0 Å². The zero-order chi connectivity index (χ0) is 8.67. The van der Waals surface area contributed by atoms with E-state index in [4.69, 9.17) is 0 Å². The average Bonchev–Trinajstić information content (AvgIpc) is 2.65. The molecule has 0 saturated heterocycles. The highest BCUT2D eigenvalue weighted by molar-refractivity contribution is 5.23. The number of hydrogen-bond donors (Lipinski definition) is 0. The van der Waals surface area contributed by atoms with Crippen LogP contribution in [0, 0.1) is 23.7 Å². The van der Waals surface area contributed by atoms with Crippen LogP contribution in [0.5, 0.6) is 0 Å². The zero-order valence-electron chi connectivity index (χ0n) is 7.89. The van der Waals surface area contributed by atoms with Gasteiger partial charge >= 0.3 is 0 Å². The van der Waals surface area contributed by atoms with E-state index in [0.29, 0.717) is 5.92 Å². The van der Waals surface area contributed by atoms with E-state index in [-0.39, 0.29) is 0 Å². The molecule has 0 aromatic heterocycles. The Morgan fingerprint density at radius 1 is 0.846 bits per heavy atom. The van der Waals surface area contributed by atoms with Crippen LogP contribution in [0.25, 0.3) is 0 Å². The molecule has 0 amide bonds. The van der Waals surface area contributed by atoms with Crippen LogP contribution in [0.1, 0.15) is 19.3 Å². The second-order valence-corrected chi connectivity index (χ2v) is 4.57. The fourth-order valence-electron chi connectivity index (χ4n) is 3.27. The molecule has 3 rings (SSSR count). The van der Waals surface area contributed by atoms with Crippen molar-refractivity contribution in [3.05, 3.63) is 36.5 Å². The van der Waals surface area contributed by atoms with Gasteiger partial charge in [-0.1, -0.05) is 42.9 Å². The molecular formula is C13H16. The third kappa shape index (κ3) is 1.12. The molecule has 0 bridgehead atoms. The molecule has 0 radical (unpaired) electrons. The van der Waals surface area contributed by atoms with E-state index in [9.17, 15) is 0 Å². The summed E-state index contributed by atoms with van der Waals surface area (Å²) in [7, 11) is 0. The smallest absolute Gasteiger partial charge is 0.00156 e. The van der Waals surface area contributed by atoms with Crippen LogP contribution >= 0.6 is 0 Å². The third-order valence-electron chi connectivity index (χ3n) is 3.92. The van der Waals surface area contributed by atoms with Crippen LogP contribution in [0.3, 0.4) is 0 Å². The molecule has 0 heterocycles. The molecule has 0 aromatic carbocycles. The second kappa shape index (κ2) is 2.87. The molecule has 0 aliphatic heterocycles. The molecule has 1 fully saturated rings. The molecule has 4 unspecified atom stereocenters. The molecule has 4 atom stereocenters. The van der Waals surface area contributed by atoms with E-state index in [0.717, 1.165) is 17.8 Å². The van der Waals surface area contributed by atoms with E-state index in [2.05, 4.69) is 36.5 Å². The van der Waals surface area contributed by atoms with Crippen molar-refractivity contribution in [3.63, 3.8) is 0 Å². The maximum Gasteiger partial charge on any atom is 0.00156 e. The van der Waals surface area contributed by atoms with Gasteiger partial charge in [0, 0.05) is 5.92 Å². The molecular weight excluding hydrogens is 156 g/mol. The minimum Gasteiger partial charge on any atom is -0.0845 e. The first-order chi connectivity index (χ1) is 6.45. The Hall–Kier alpha value is -0.780. The fourth-order valence-corrected chi connectivity index (χ4v) is 3.27. The first-order valence-electron chi connectivity index (χ1n) is 5.48. The highest BCUT2D eigenvalue weighted by Crippen LogP contribution is 2.46. The molecule has 13 heavy (non-hydrogen) atoms. The van der Waals surface area contributed by atoms with Crippen LogP contribution in [-0.2, 0) is 0 Å². The van der Waals surface area contributed by atoms with Crippen LogP contribution in [0.2, 0.25) is 0 Å². The summed E-state index contributed by atoms with van der Waals surface area (Å²) < 4.78 is 0. The van der Waals surface area contributed by atoms with Gasteiger partial charge in [-0.25, -0.2) is 0 Å². The van der Waals surface area contributed by atoms with Crippen LogP contribution in [-0.4, -0.2) is 0 Å². The maximum atomic E-state index is 2.47. The number of fused-ring (bicyclic) bond motifs is 3. The van der Waals surface area contributed by atoms with E-state index in [1.54, 1.807) is 0 Å². The molecule has 3 aliphatic carbocycles. The van der Waals surface area contributed by atoms with Crippen molar-refractivity contribution >= 4 is 0 Å². The summed E-state index contributed by atoms with van der Waals surface area (Å²) in [4.78, 5) is 0. The Kier molecular flexibility index (Phi) is 1.68. The lowest BCUT2D eigenvalue weighted by atomic mass is 9.70. The van der Waals surface area contributed by atoms with E-state index in [1.165, 1.54) is 19.3 Å². The summed E-state index contributed by atoms with van der Waals surface area (Å²) in [6.45, 7) is 0. The van der Waals surface area contributed by atoms with Gasteiger partial charge in [-0.3, -0.25) is 0 Å². The van der Waals surface area contributed by atoms with E-state index >= 15 is 0 Å². The number of allylic oxidation sites excluding steroid dienone is 6. The van der Waals surface area contributed by atoms with Gasteiger partial charge in [0.05, 0.1) is 0 Å². The monoisotopic (exact) mass is 172 g/mol. The Morgan fingerprint density at radius 3 is 2.77 bits per heavy atom. The average molecular weight is 172 g/mol. The highest BCUT2D eigenvalue weighted by atomic mass is 14.4. The number of rotatable bonds is 0. The first-order valence-corrected chi connectivity index (χ1v) is 5.48. The van der Waals surface area contributed by atoms with Crippen molar-refractivity contribution in [2.45, 2.75) is 19.3 Å². The van der Waals surface area contributed by atoms with Crippen LogP contribution in [0.4, 0.5) is 0 Å². The van der Waals surface area contributed by atoms with Crippen molar-refractivity contribution in [1.82, 2.24) is 0 Å². The Bertz CT molecular complexity index is 282. The predicted octanol–water partition coefficient (Wildman–Crippen LogP) is 3.33. The standard InChI is InChI=1S/C13H16/c1-2-6-12-10(4-1)8-9-11-5-3-7-13(11)12/h1-2,4,6,8-13H,3,5,7H2. The summed E-state index contributed by atoms with van der Waals surface area (Å²) >= 11 is 0. The van der Waals surface area contributed by atoms with Gasteiger partial charge in [-0.15, -0.1) is 0 Å². The molecule has 68 valence electrons. The zero-order valence-corrected chi connectivity index (χ0v) is 7.89. The van der Waals surface area contributed by atoms with Crippen LogP contribution < -0.4 is 0 Å². The van der Waals surface area contributed by atoms with Crippen molar-refractivity contribution in [2.75, 3.05) is 0 Å². The van der Waals surface area contributed by atoms with Crippen molar-refractivity contribution in [1.29, 1.82) is 0 Å². The summed E-state index contributed by atoms with van der Waals surface area (Å²) in [5, 5.41) is 0. The lowest BCUT2D eigenvalue weighted by Gasteiger charge is -2.34. The summed E-state index contributed by atoms with van der Waals surface area (Å²) in [6.07, 6.45) is 18.4. The maximum absolute atomic E-state index is 2.47. The van der Waals surface area contributed by atoms with Gasteiger partial charge in [-0.2, -0.15) is 0 Å². The number of hydrogen-bond acceptors (Lipinski definition) is 0. The van der Waals surface area contributed by atoms with Gasteiger partial charge in [0.1, 0.15) is 0 Å². The molecule has 0 heteroatoms. The van der Waals surface area contributed by atoms with Gasteiger partial charge in [0.2, 0.25) is 0 Å². The topological polar surface area (TPSA) is 0 Å². The minimum absolute atomic E-state index is 0.712. The third-order valence-corrected chi connectivity index (χ3v) is 3.92. The summed E-state index contributed by atoms with van der Waals surface area (Å²) in [6, 6.07) is 0. The van der Waals surface area contributed by atoms with Gasteiger partial charge in [0.15, 0.2) is 0 Å². The molecule has 3 aliphatic rings. The summed E-state index contributed by atoms with van der Waals surface area (Å²) in [5.74, 6) is 3.39.